The summed E-state index contributed by atoms with van der Waals surface area (Å²) in [4.78, 5) is 12.2. The van der Waals surface area contributed by atoms with Crippen molar-refractivity contribution >= 4 is 5.91 Å². The summed E-state index contributed by atoms with van der Waals surface area (Å²) in [5, 5.41) is 8.03. The second-order valence-corrected chi connectivity index (χ2v) is 3.11. The highest BCUT2D eigenvalue weighted by molar-refractivity contribution is 5.80. The van der Waals surface area contributed by atoms with Crippen LogP contribution in [-0.4, -0.2) is 20.9 Å². The summed E-state index contributed by atoms with van der Waals surface area (Å²) >= 11 is 0. The standard InChI is InChI=1S/C7H10N4O/c1-11-9-3-6(10-11)4-2-5(4)7(8)12/h3-5H,2H2,1H3,(H2,8,12). The van der Waals surface area contributed by atoms with Gasteiger partial charge >= 0.3 is 0 Å². The number of carbonyl (C=O) groups excluding carboxylic acids is 1. The van der Waals surface area contributed by atoms with Gasteiger partial charge in [-0.25, -0.2) is 0 Å². The van der Waals surface area contributed by atoms with Gasteiger partial charge in [-0.1, -0.05) is 0 Å². The van der Waals surface area contributed by atoms with E-state index >= 15 is 0 Å². The lowest BCUT2D eigenvalue weighted by atomic mass is 10.2. The molecule has 0 aliphatic heterocycles. The molecule has 2 atom stereocenters. The highest BCUT2D eigenvalue weighted by atomic mass is 16.1. The Bertz CT molecular complexity index is 319. The second kappa shape index (κ2) is 2.30. The van der Waals surface area contributed by atoms with Crippen LogP contribution in [0.4, 0.5) is 0 Å². The molecule has 1 aromatic heterocycles. The quantitative estimate of drug-likeness (QED) is 0.637. The van der Waals surface area contributed by atoms with E-state index < -0.39 is 0 Å². The van der Waals surface area contributed by atoms with Gasteiger partial charge in [-0.05, 0) is 6.42 Å². The molecule has 64 valence electrons. The first-order valence-electron chi connectivity index (χ1n) is 3.84. The third kappa shape index (κ3) is 1.07. The van der Waals surface area contributed by atoms with Gasteiger partial charge in [0.15, 0.2) is 0 Å². The molecule has 2 N–H and O–H groups in total. The number of hydrogen-bond acceptors (Lipinski definition) is 3. The first kappa shape index (κ1) is 7.27. The summed E-state index contributed by atoms with van der Waals surface area (Å²) in [6, 6.07) is 0. The smallest absolute Gasteiger partial charge is 0.221 e. The van der Waals surface area contributed by atoms with E-state index in [1.807, 2.05) is 0 Å². The fraction of sp³-hybridized carbons (Fsp3) is 0.571. The van der Waals surface area contributed by atoms with Crippen molar-refractivity contribution in [1.29, 1.82) is 0 Å². The molecule has 1 aliphatic carbocycles. The Labute approximate surface area is 69.5 Å². The number of nitrogens with two attached hydrogens (primary N) is 1. The van der Waals surface area contributed by atoms with Crippen molar-refractivity contribution in [2.24, 2.45) is 18.7 Å². The SMILES string of the molecule is Cn1ncc(C2CC2C(N)=O)n1. The van der Waals surface area contributed by atoms with Crippen molar-refractivity contribution in [3.63, 3.8) is 0 Å². The number of primary amides is 1. The molecule has 1 fully saturated rings. The second-order valence-electron chi connectivity index (χ2n) is 3.11. The average Bonchev–Trinajstić information content (AvgIpc) is 2.70. The molecule has 1 amide bonds. The molecule has 1 aliphatic rings. The molecular formula is C7H10N4O. The van der Waals surface area contributed by atoms with Crippen LogP contribution in [0.5, 0.6) is 0 Å². The van der Waals surface area contributed by atoms with Crippen molar-refractivity contribution in [3.05, 3.63) is 11.9 Å². The zero-order valence-electron chi connectivity index (χ0n) is 6.77. The maximum Gasteiger partial charge on any atom is 0.221 e. The normalized spacial score (nSPS) is 27.1. The van der Waals surface area contributed by atoms with E-state index in [9.17, 15) is 4.79 Å². The first-order valence-corrected chi connectivity index (χ1v) is 3.84. The molecule has 12 heavy (non-hydrogen) atoms. The van der Waals surface area contributed by atoms with Crippen LogP contribution in [0.2, 0.25) is 0 Å². The number of aryl methyl sites for hydroxylation is 1. The van der Waals surface area contributed by atoms with E-state index in [2.05, 4.69) is 10.2 Å². The number of carbonyl (C=O) groups is 1. The maximum atomic E-state index is 10.7. The Morgan fingerprint density at radius 1 is 1.83 bits per heavy atom. The minimum Gasteiger partial charge on any atom is -0.369 e. The predicted octanol–water partition coefficient (Wildman–Crippen LogP) is -0.596. The summed E-state index contributed by atoms with van der Waals surface area (Å²) < 4.78 is 0. The van der Waals surface area contributed by atoms with E-state index in [1.165, 1.54) is 4.80 Å². The van der Waals surface area contributed by atoms with Crippen LogP contribution >= 0.6 is 0 Å². The molecule has 0 saturated heterocycles. The Balaban J connectivity index is 2.10. The van der Waals surface area contributed by atoms with Crippen LogP contribution in [0.1, 0.15) is 18.0 Å². The molecule has 5 heteroatoms. The largest absolute Gasteiger partial charge is 0.369 e. The summed E-state index contributed by atoms with van der Waals surface area (Å²) in [6.07, 6.45) is 2.52. The summed E-state index contributed by atoms with van der Waals surface area (Å²) in [6.45, 7) is 0. The molecule has 1 aromatic rings. The molecule has 1 heterocycles. The average molecular weight is 166 g/mol. The zero-order valence-corrected chi connectivity index (χ0v) is 6.77. The topological polar surface area (TPSA) is 73.8 Å². The number of hydrogen-bond donors (Lipinski definition) is 1. The fourth-order valence-electron chi connectivity index (χ4n) is 1.37. The lowest BCUT2D eigenvalue weighted by Crippen LogP contribution is -2.13. The van der Waals surface area contributed by atoms with Gasteiger partial charge in [0.2, 0.25) is 5.91 Å². The Kier molecular flexibility index (Phi) is 1.39. The Morgan fingerprint density at radius 3 is 3.00 bits per heavy atom. The van der Waals surface area contributed by atoms with E-state index in [0.29, 0.717) is 0 Å². The predicted molar refractivity (Wildman–Crippen MR) is 41.0 cm³/mol. The molecule has 1 saturated carbocycles. The van der Waals surface area contributed by atoms with Crippen molar-refractivity contribution in [2.75, 3.05) is 0 Å². The molecule has 0 radical (unpaired) electrons. The van der Waals surface area contributed by atoms with Crippen LogP contribution < -0.4 is 5.73 Å². The molecule has 2 unspecified atom stereocenters. The highest BCUT2D eigenvalue weighted by Gasteiger charge is 2.44. The molecule has 0 bridgehead atoms. The van der Waals surface area contributed by atoms with Gasteiger partial charge in [0.25, 0.3) is 0 Å². The maximum absolute atomic E-state index is 10.7. The van der Waals surface area contributed by atoms with E-state index in [1.54, 1.807) is 13.2 Å². The number of aromatic nitrogens is 3. The van der Waals surface area contributed by atoms with Gasteiger partial charge in [0, 0.05) is 18.9 Å². The van der Waals surface area contributed by atoms with Crippen molar-refractivity contribution in [3.8, 4) is 0 Å². The van der Waals surface area contributed by atoms with Gasteiger partial charge in [0.1, 0.15) is 0 Å². The first-order chi connectivity index (χ1) is 5.68. The number of amides is 1. The molecule has 2 rings (SSSR count). The summed E-state index contributed by atoms with van der Waals surface area (Å²) in [5.74, 6) is -0.0245. The van der Waals surface area contributed by atoms with Crippen LogP contribution in [-0.2, 0) is 11.8 Å². The van der Waals surface area contributed by atoms with Crippen LogP contribution in [0.25, 0.3) is 0 Å². The Morgan fingerprint density at radius 2 is 2.58 bits per heavy atom. The zero-order chi connectivity index (χ0) is 8.72. The third-order valence-corrected chi connectivity index (χ3v) is 2.15. The number of rotatable bonds is 2. The van der Waals surface area contributed by atoms with E-state index in [4.69, 9.17) is 5.73 Å². The van der Waals surface area contributed by atoms with Gasteiger partial charge in [-0.15, -0.1) is 0 Å². The van der Waals surface area contributed by atoms with Crippen molar-refractivity contribution < 1.29 is 4.79 Å². The van der Waals surface area contributed by atoms with Gasteiger partial charge in [-0.3, -0.25) is 4.79 Å². The van der Waals surface area contributed by atoms with Gasteiger partial charge in [-0.2, -0.15) is 15.0 Å². The van der Waals surface area contributed by atoms with Crippen molar-refractivity contribution in [1.82, 2.24) is 15.0 Å². The van der Waals surface area contributed by atoms with Crippen molar-refractivity contribution in [2.45, 2.75) is 12.3 Å². The van der Waals surface area contributed by atoms with E-state index in [-0.39, 0.29) is 17.7 Å². The van der Waals surface area contributed by atoms with Crippen LogP contribution in [0.3, 0.4) is 0 Å². The fourth-order valence-corrected chi connectivity index (χ4v) is 1.37. The molecular weight excluding hydrogens is 156 g/mol. The lowest BCUT2D eigenvalue weighted by Gasteiger charge is -1.88. The summed E-state index contributed by atoms with van der Waals surface area (Å²) in [7, 11) is 1.76. The third-order valence-electron chi connectivity index (χ3n) is 2.15. The highest BCUT2D eigenvalue weighted by Crippen LogP contribution is 2.45. The van der Waals surface area contributed by atoms with Gasteiger partial charge < -0.3 is 5.73 Å². The van der Waals surface area contributed by atoms with Crippen LogP contribution in [0.15, 0.2) is 6.20 Å². The molecule has 0 aromatic carbocycles. The lowest BCUT2D eigenvalue weighted by molar-refractivity contribution is -0.119. The monoisotopic (exact) mass is 166 g/mol. The summed E-state index contributed by atoms with van der Waals surface area (Å²) in [5.41, 5.74) is 6.01. The van der Waals surface area contributed by atoms with E-state index in [0.717, 1.165) is 12.1 Å². The minimum atomic E-state index is -0.231. The number of nitrogens with zero attached hydrogens (tertiary/aromatic N) is 3. The molecule has 0 spiro atoms. The van der Waals surface area contributed by atoms with Crippen LogP contribution in [0, 0.1) is 5.92 Å². The van der Waals surface area contributed by atoms with Gasteiger partial charge in [0.05, 0.1) is 11.9 Å². The minimum absolute atomic E-state index is 0.0123. The Hall–Kier alpha value is -1.39. The molecule has 5 nitrogen and oxygen atoms in total.